The lowest BCUT2D eigenvalue weighted by molar-refractivity contribution is -0.143. The van der Waals surface area contributed by atoms with Crippen LogP contribution >= 0.6 is 7.82 Å². The number of rotatable bonds is 13. The molecule has 0 saturated carbocycles. The molecule has 6 rings (SSSR count). The van der Waals surface area contributed by atoms with E-state index in [0.29, 0.717) is 13.0 Å². The Balaban J connectivity index is 0. The van der Waals surface area contributed by atoms with E-state index >= 15 is 0 Å². The van der Waals surface area contributed by atoms with Crippen LogP contribution in [0, 0.1) is 0 Å². The normalized spacial score (nSPS) is 16.6. The highest BCUT2D eigenvalue weighted by molar-refractivity contribution is 7.45. The first-order chi connectivity index (χ1) is 19.8. The van der Waals surface area contributed by atoms with E-state index in [9.17, 15) is 4.79 Å². The lowest BCUT2D eigenvalue weighted by Gasteiger charge is -2.03. The van der Waals surface area contributed by atoms with Gasteiger partial charge in [-0.25, -0.2) is 4.57 Å². The van der Waals surface area contributed by atoms with Crippen molar-refractivity contribution in [3.05, 3.63) is 0 Å². The van der Waals surface area contributed by atoms with Crippen LogP contribution < -0.4 is 0 Å². The molecule has 6 fully saturated rings. The van der Waals surface area contributed by atoms with Gasteiger partial charge in [0, 0.05) is 6.42 Å². The van der Waals surface area contributed by atoms with Crippen LogP contribution in [0.3, 0.4) is 0 Å². The Morgan fingerprint density at radius 3 is 0.951 bits per heavy atom. The molecule has 6 aliphatic rings. The maximum Gasteiger partial charge on any atom is 0.466 e. The van der Waals surface area contributed by atoms with Crippen molar-refractivity contribution >= 4 is 13.8 Å². The van der Waals surface area contributed by atoms with Crippen molar-refractivity contribution in [1.29, 1.82) is 0 Å². The monoisotopic (exact) mass is 618 g/mol. The van der Waals surface area contributed by atoms with E-state index in [1.807, 2.05) is 6.92 Å². The molecular weight excluding hydrogens is 559 g/mol. The lowest BCUT2D eigenvalue weighted by Crippen LogP contribution is -2.03. The molecule has 0 atom stereocenters. The maximum absolute atomic E-state index is 11.1. The molecule has 0 aromatic rings. The minimum atomic E-state index is -4.64. The number of unbranched alkanes of at least 4 members (excludes halogenated alkanes) is 10. The van der Waals surface area contributed by atoms with Crippen molar-refractivity contribution in [3.8, 4) is 0 Å². The van der Waals surface area contributed by atoms with Crippen molar-refractivity contribution in [2.45, 2.75) is 90.9 Å². The summed E-state index contributed by atoms with van der Waals surface area (Å²) < 4.78 is 40.8. The van der Waals surface area contributed by atoms with Crippen LogP contribution in [0.15, 0.2) is 0 Å². The standard InChI is InChI=1S/C16H32O2.6C2H4O.H3O4P/c1-3-5-6-7-8-9-10-11-12-13-14-15-16(17)18-4-2;6*1-2-3-1;1-5(2,3)4/h3-15H2,1-2H3;6*1-2H2;(H3,1,2,3,4). The minimum Gasteiger partial charge on any atom is -0.466 e. The number of epoxide rings is 6. The Bertz CT molecular complexity index is 479. The Labute approximate surface area is 247 Å². The summed E-state index contributed by atoms with van der Waals surface area (Å²) in [4.78, 5) is 32.6. The third-order valence-corrected chi connectivity index (χ3v) is 4.51. The molecule has 248 valence electrons. The Morgan fingerprint density at radius 1 is 0.537 bits per heavy atom. The second kappa shape index (κ2) is 35.5. The molecule has 6 saturated heterocycles. The van der Waals surface area contributed by atoms with E-state index in [2.05, 4.69) is 35.3 Å². The zero-order valence-electron chi connectivity index (χ0n) is 25.6. The zero-order chi connectivity index (χ0) is 30.7. The molecule has 0 unspecified atom stereocenters. The van der Waals surface area contributed by atoms with Crippen molar-refractivity contribution < 1.29 is 57.2 Å². The first kappa shape index (κ1) is 42.5. The number of ether oxygens (including phenoxy) is 7. The van der Waals surface area contributed by atoms with Crippen molar-refractivity contribution in [2.24, 2.45) is 0 Å². The summed E-state index contributed by atoms with van der Waals surface area (Å²) in [6, 6.07) is 0. The first-order valence-electron chi connectivity index (χ1n) is 15.2. The highest BCUT2D eigenvalue weighted by atomic mass is 31.2. The number of hydrogen-bond acceptors (Lipinski definition) is 9. The third kappa shape index (κ3) is 120. The molecule has 0 spiro atoms. The molecule has 6 aliphatic heterocycles. The van der Waals surface area contributed by atoms with E-state index in [1.165, 1.54) is 64.2 Å². The van der Waals surface area contributed by atoms with E-state index in [-0.39, 0.29) is 5.97 Å². The summed E-state index contributed by atoms with van der Waals surface area (Å²) in [7, 11) is -4.64. The highest BCUT2D eigenvalue weighted by Crippen LogP contribution is 2.25. The van der Waals surface area contributed by atoms with Gasteiger partial charge in [0.25, 0.3) is 0 Å². The molecule has 41 heavy (non-hydrogen) atoms. The first-order valence-corrected chi connectivity index (χ1v) is 16.8. The van der Waals surface area contributed by atoms with Crippen LogP contribution in [0.1, 0.15) is 90.9 Å². The Hall–Kier alpha value is -0.660. The Morgan fingerprint density at radius 2 is 0.756 bits per heavy atom. The second-order valence-corrected chi connectivity index (χ2v) is 10.3. The van der Waals surface area contributed by atoms with Crippen LogP contribution in [0.25, 0.3) is 0 Å². The average Bonchev–Trinajstić information content (AvgIpc) is 3.80. The van der Waals surface area contributed by atoms with Gasteiger partial charge in [0.05, 0.1) is 85.9 Å². The predicted octanol–water partition coefficient (Wildman–Crippen LogP) is 4.42. The highest BCUT2D eigenvalue weighted by Gasteiger charge is 2.01. The molecule has 0 aromatic carbocycles. The van der Waals surface area contributed by atoms with Gasteiger partial charge in [-0.1, -0.05) is 71.1 Å². The quantitative estimate of drug-likeness (QED) is 0.115. The molecular formula is C28H59O12P. The van der Waals surface area contributed by atoms with Gasteiger partial charge in [-0.3, -0.25) is 4.79 Å². The van der Waals surface area contributed by atoms with E-state index in [4.69, 9.17) is 24.0 Å². The van der Waals surface area contributed by atoms with Crippen molar-refractivity contribution in [3.63, 3.8) is 0 Å². The predicted molar refractivity (Wildman–Crippen MR) is 157 cm³/mol. The van der Waals surface area contributed by atoms with Gasteiger partial charge in [0.1, 0.15) is 0 Å². The SMILES string of the molecule is C1CO1.C1CO1.C1CO1.C1CO1.C1CO1.C1CO1.CCCCCCCCCCCCCC(=O)OCC.O=P(O)(O)O. The smallest absolute Gasteiger partial charge is 0.466 e. The summed E-state index contributed by atoms with van der Waals surface area (Å²) in [5.41, 5.74) is 0. The fraction of sp³-hybridized carbons (Fsp3) is 0.964. The summed E-state index contributed by atoms with van der Waals surface area (Å²) in [6.07, 6.45) is 15.1. The van der Waals surface area contributed by atoms with Crippen LogP contribution in [-0.2, 0) is 42.5 Å². The molecule has 12 nitrogen and oxygen atoms in total. The molecule has 0 aromatic heterocycles. The Kier molecular flexibility index (Phi) is 36.8. The van der Waals surface area contributed by atoms with Crippen LogP contribution in [0.4, 0.5) is 0 Å². The van der Waals surface area contributed by atoms with E-state index in [0.717, 1.165) is 85.7 Å². The number of phosphoric acid groups is 1. The van der Waals surface area contributed by atoms with Crippen LogP contribution in [0.5, 0.6) is 0 Å². The van der Waals surface area contributed by atoms with Crippen molar-refractivity contribution in [2.75, 3.05) is 85.9 Å². The molecule has 13 heteroatoms. The number of carbonyl (C=O) groups is 1. The second-order valence-electron chi connectivity index (χ2n) is 9.28. The molecule has 3 N–H and O–H groups in total. The fourth-order valence-corrected chi connectivity index (χ4v) is 2.17. The number of esters is 1. The molecule has 0 radical (unpaired) electrons. The molecule has 6 heterocycles. The third-order valence-electron chi connectivity index (χ3n) is 4.51. The van der Waals surface area contributed by atoms with Crippen LogP contribution in [-0.4, -0.2) is 107 Å². The van der Waals surface area contributed by atoms with Gasteiger partial charge in [-0.15, -0.1) is 0 Å². The number of hydrogen-bond donors (Lipinski definition) is 3. The molecule has 0 aliphatic carbocycles. The fourth-order valence-electron chi connectivity index (χ4n) is 2.17. The summed E-state index contributed by atoms with van der Waals surface area (Å²) in [5.74, 6) is -0.0339. The van der Waals surface area contributed by atoms with Crippen molar-refractivity contribution in [1.82, 2.24) is 0 Å². The lowest BCUT2D eigenvalue weighted by atomic mass is 10.1. The van der Waals surface area contributed by atoms with Crippen LogP contribution in [0.2, 0.25) is 0 Å². The molecule has 0 bridgehead atoms. The van der Waals surface area contributed by atoms with Gasteiger partial charge in [0.15, 0.2) is 0 Å². The summed E-state index contributed by atoms with van der Waals surface area (Å²) >= 11 is 0. The zero-order valence-corrected chi connectivity index (χ0v) is 26.5. The van der Waals surface area contributed by atoms with Gasteiger partial charge in [-0.05, 0) is 13.3 Å². The number of carbonyl (C=O) groups excluding carboxylic acids is 1. The summed E-state index contributed by atoms with van der Waals surface area (Å²) in [6.45, 7) is 16.6. The molecule has 0 amide bonds. The van der Waals surface area contributed by atoms with E-state index in [1.54, 1.807) is 0 Å². The topological polar surface area (TPSA) is 179 Å². The van der Waals surface area contributed by atoms with Gasteiger partial charge in [0.2, 0.25) is 0 Å². The minimum absolute atomic E-state index is 0.0339. The maximum atomic E-state index is 11.1. The average molecular weight is 619 g/mol. The van der Waals surface area contributed by atoms with Gasteiger partial charge >= 0.3 is 13.8 Å². The van der Waals surface area contributed by atoms with E-state index < -0.39 is 7.82 Å². The summed E-state index contributed by atoms with van der Waals surface area (Å²) in [5, 5.41) is 0. The van der Waals surface area contributed by atoms with Gasteiger partial charge in [-0.2, -0.15) is 0 Å². The largest absolute Gasteiger partial charge is 0.466 e. The van der Waals surface area contributed by atoms with Gasteiger partial charge < -0.3 is 47.8 Å².